The molecule has 0 bridgehead atoms. The Labute approximate surface area is 229 Å². The molecule has 0 aliphatic heterocycles. The van der Waals surface area contributed by atoms with Gasteiger partial charge in [0.1, 0.15) is 5.76 Å². The van der Waals surface area contributed by atoms with Gasteiger partial charge in [-0.1, -0.05) is 72.8 Å². The van der Waals surface area contributed by atoms with E-state index >= 15 is 0 Å². The van der Waals surface area contributed by atoms with Crippen LogP contribution in [0.5, 0.6) is 0 Å². The van der Waals surface area contributed by atoms with Gasteiger partial charge >= 0.3 is 0 Å². The summed E-state index contributed by atoms with van der Waals surface area (Å²) in [6.45, 7) is 0. The van der Waals surface area contributed by atoms with Gasteiger partial charge < -0.3 is 8.98 Å². The molecule has 1 aliphatic rings. The third-order valence-electron chi connectivity index (χ3n) is 8.29. The number of hydrogen-bond donors (Lipinski definition) is 0. The van der Waals surface area contributed by atoms with Crippen LogP contribution in [0, 0.1) is 0 Å². The summed E-state index contributed by atoms with van der Waals surface area (Å²) < 4.78 is 9.02. The van der Waals surface area contributed by atoms with Crippen LogP contribution < -0.4 is 0 Å². The van der Waals surface area contributed by atoms with Crippen molar-refractivity contribution in [3.8, 4) is 17.1 Å². The molecule has 40 heavy (non-hydrogen) atoms. The maximum Gasteiger partial charge on any atom is 0.160 e. The maximum absolute atomic E-state index is 6.70. The maximum atomic E-state index is 6.70. The van der Waals surface area contributed by atoms with Gasteiger partial charge in [-0.15, -0.1) is 0 Å². The number of fused-ring (bicyclic) bond motifs is 11. The standard InChI is InChI=1S/C36H23N3O/c1-6-14-28-22(9-1)17-19-30(38-28)29-20-18-23(21-37-29)39-31-15-7-4-12-26(31)33-24-10-2-3-11-25(24)34-27-13-5-8-16-32(27)40-36(34)35(33)39/h1-4,6-12,14-21H,5,13H2. The van der Waals surface area contributed by atoms with Gasteiger partial charge in [0, 0.05) is 27.1 Å². The smallest absolute Gasteiger partial charge is 0.160 e. The molecule has 0 radical (unpaired) electrons. The number of para-hydroxylation sites is 2. The highest BCUT2D eigenvalue weighted by atomic mass is 16.3. The van der Waals surface area contributed by atoms with Crippen LogP contribution in [0.4, 0.5) is 0 Å². The average molecular weight is 514 g/mol. The third-order valence-corrected chi connectivity index (χ3v) is 8.29. The molecular weight excluding hydrogens is 490 g/mol. The van der Waals surface area contributed by atoms with E-state index in [9.17, 15) is 0 Å². The highest BCUT2D eigenvalue weighted by molar-refractivity contribution is 6.31. The minimum absolute atomic E-state index is 0.851. The first-order chi connectivity index (χ1) is 19.8. The van der Waals surface area contributed by atoms with Crippen molar-refractivity contribution in [3.05, 3.63) is 121 Å². The molecule has 4 aromatic carbocycles. The number of allylic oxidation sites excluding steroid dienone is 1. The van der Waals surface area contributed by atoms with Crippen LogP contribution >= 0.6 is 0 Å². The Bertz CT molecular complexity index is 2320. The fourth-order valence-corrected chi connectivity index (χ4v) is 6.53. The second kappa shape index (κ2) is 8.14. The van der Waals surface area contributed by atoms with Gasteiger partial charge in [0.05, 0.1) is 39.8 Å². The molecule has 0 N–H and O–H groups in total. The van der Waals surface area contributed by atoms with Crippen LogP contribution in [-0.2, 0) is 6.42 Å². The number of aromatic nitrogens is 3. The van der Waals surface area contributed by atoms with Gasteiger partial charge in [-0.2, -0.15) is 0 Å². The summed E-state index contributed by atoms with van der Waals surface area (Å²) in [6, 6.07) is 33.9. The van der Waals surface area contributed by atoms with Gasteiger partial charge in [-0.05, 0) is 60.0 Å². The first kappa shape index (κ1) is 21.7. The molecular formula is C36H23N3O. The van der Waals surface area contributed by atoms with Crippen LogP contribution in [0.3, 0.4) is 0 Å². The van der Waals surface area contributed by atoms with E-state index in [1.54, 1.807) is 0 Å². The Morgan fingerprint density at radius 1 is 0.700 bits per heavy atom. The zero-order valence-corrected chi connectivity index (χ0v) is 21.6. The molecule has 0 atom stereocenters. The topological polar surface area (TPSA) is 43.9 Å². The van der Waals surface area contributed by atoms with Crippen molar-refractivity contribution in [2.75, 3.05) is 0 Å². The minimum atomic E-state index is 0.851. The van der Waals surface area contributed by atoms with Crippen LogP contribution in [-0.4, -0.2) is 14.5 Å². The summed E-state index contributed by atoms with van der Waals surface area (Å²) in [5, 5.41) is 7.29. The highest BCUT2D eigenvalue weighted by Crippen LogP contribution is 2.45. The fraction of sp³-hybridized carbons (Fsp3) is 0.0556. The lowest BCUT2D eigenvalue weighted by Crippen LogP contribution is -1.97. The van der Waals surface area contributed by atoms with Crippen molar-refractivity contribution in [1.82, 2.24) is 14.5 Å². The lowest BCUT2D eigenvalue weighted by atomic mass is 9.94. The van der Waals surface area contributed by atoms with Crippen molar-refractivity contribution in [2.24, 2.45) is 0 Å². The number of aryl methyl sites for hydroxylation is 1. The summed E-state index contributed by atoms with van der Waals surface area (Å²) in [5.74, 6) is 0.978. The molecule has 4 aromatic heterocycles. The van der Waals surface area contributed by atoms with Gasteiger partial charge in [0.2, 0.25) is 0 Å². The summed E-state index contributed by atoms with van der Waals surface area (Å²) in [5.41, 5.74) is 8.17. The van der Waals surface area contributed by atoms with E-state index in [4.69, 9.17) is 14.4 Å². The predicted molar refractivity (Wildman–Crippen MR) is 164 cm³/mol. The van der Waals surface area contributed by atoms with E-state index < -0.39 is 0 Å². The zero-order chi connectivity index (χ0) is 26.2. The molecule has 0 unspecified atom stereocenters. The first-order valence-corrected chi connectivity index (χ1v) is 13.7. The van der Waals surface area contributed by atoms with E-state index in [2.05, 4.69) is 89.5 Å². The first-order valence-electron chi connectivity index (χ1n) is 13.7. The zero-order valence-electron chi connectivity index (χ0n) is 21.6. The lowest BCUT2D eigenvalue weighted by molar-refractivity contribution is 0.597. The summed E-state index contributed by atoms with van der Waals surface area (Å²) >= 11 is 0. The second-order valence-electron chi connectivity index (χ2n) is 10.5. The Hall–Kier alpha value is -5.22. The number of nitrogens with zero attached hydrogens (tertiary/aromatic N) is 3. The van der Waals surface area contributed by atoms with Crippen LogP contribution in [0.1, 0.15) is 17.7 Å². The lowest BCUT2D eigenvalue weighted by Gasteiger charge is -2.10. The molecule has 4 nitrogen and oxygen atoms in total. The van der Waals surface area contributed by atoms with Crippen molar-refractivity contribution >= 4 is 60.5 Å². The third kappa shape index (κ3) is 2.96. The average Bonchev–Trinajstić information content (AvgIpc) is 3.58. The van der Waals surface area contributed by atoms with Crippen molar-refractivity contribution in [2.45, 2.75) is 12.8 Å². The Morgan fingerprint density at radius 2 is 1.48 bits per heavy atom. The molecule has 4 heterocycles. The van der Waals surface area contributed by atoms with Gasteiger partial charge in [-0.3, -0.25) is 4.98 Å². The number of benzene rings is 4. The molecule has 4 heteroatoms. The molecule has 9 rings (SSSR count). The molecule has 0 saturated heterocycles. The molecule has 0 spiro atoms. The summed E-state index contributed by atoms with van der Waals surface area (Å²) in [6.07, 6.45) is 8.33. The molecule has 1 aliphatic carbocycles. The molecule has 8 aromatic rings. The molecule has 0 fully saturated rings. The van der Waals surface area contributed by atoms with E-state index in [-0.39, 0.29) is 0 Å². The Morgan fingerprint density at radius 3 is 2.35 bits per heavy atom. The van der Waals surface area contributed by atoms with Gasteiger partial charge in [0.15, 0.2) is 5.58 Å². The fourth-order valence-electron chi connectivity index (χ4n) is 6.53. The monoisotopic (exact) mass is 513 g/mol. The molecule has 188 valence electrons. The number of hydrogen-bond acceptors (Lipinski definition) is 3. The van der Waals surface area contributed by atoms with Gasteiger partial charge in [-0.25, -0.2) is 4.98 Å². The van der Waals surface area contributed by atoms with E-state index in [1.165, 1.54) is 32.5 Å². The second-order valence-corrected chi connectivity index (χ2v) is 10.5. The van der Waals surface area contributed by atoms with Gasteiger partial charge in [0.25, 0.3) is 0 Å². The largest absolute Gasteiger partial charge is 0.454 e. The quantitative estimate of drug-likeness (QED) is 0.231. The minimum Gasteiger partial charge on any atom is -0.454 e. The molecule has 0 saturated carbocycles. The normalized spacial score (nSPS) is 13.2. The van der Waals surface area contributed by atoms with Crippen LogP contribution in [0.25, 0.3) is 77.6 Å². The molecule has 0 amide bonds. The van der Waals surface area contributed by atoms with Crippen molar-refractivity contribution in [1.29, 1.82) is 0 Å². The van der Waals surface area contributed by atoms with Crippen molar-refractivity contribution < 1.29 is 4.42 Å². The van der Waals surface area contributed by atoms with Crippen LogP contribution in [0.15, 0.2) is 114 Å². The SMILES string of the molecule is C1=Cc2oc3c(c2CC1)c1ccccc1c1c2ccccc2n(-c2ccc(-c4ccc5ccccc5n4)nc2)c31. The number of furan rings is 1. The highest BCUT2D eigenvalue weighted by Gasteiger charge is 2.25. The predicted octanol–water partition coefficient (Wildman–Crippen LogP) is 9.25. The van der Waals surface area contributed by atoms with E-state index in [0.717, 1.165) is 63.2 Å². The summed E-state index contributed by atoms with van der Waals surface area (Å²) in [4.78, 5) is 9.77. The Kier molecular flexibility index (Phi) is 4.41. The summed E-state index contributed by atoms with van der Waals surface area (Å²) in [7, 11) is 0. The van der Waals surface area contributed by atoms with Crippen molar-refractivity contribution in [3.63, 3.8) is 0 Å². The Balaban J connectivity index is 1.35. The van der Waals surface area contributed by atoms with E-state index in [1.807, 2.05) is 30.5 Å². The number of pyridine rings is 2. The van der Waals surface area contributed by atoms with E-state index in [0.29, 0.717) is 0 Å². The van der Waals surface area contributed by atoms with Crippen LogP contribution in [0.2, 0.25) is 0 Å². The number of rotatable bonds is 2.